The molecular formula is C21H33N3O3. The van der Waals surface area contributed by atoms with Gasteiger partial charge in [0, 0.05) is 13.0 Å². The number of unbranched alkanes of at least 4 members (excludes halogenated alkanes) is 4. The van der Waals surface area contributed by atoms with E-state index in [1.165, 1.54) is 5.56 Å². The van der Waals surface area contributed by atoms with Crippen LogP contribution in [-0.2, 0) is 20.8 Å². The van der Waals surface area contributed by atoms with Crippen molar-refractivity contribution in [2.45, 2.75) is 70.8 Å². The fraction of sp³-hybridized carbons (Fsp3) is 0.571. The molecule has 0 heterocycles. The Balaban J connectivity index is 2.24. The van der Waals surface area contributed by atoms with Gasteiger partial charge in [0.2, 0.25) is 17.7 Å². The molecule has 1 atom stereocenters. The third-order valence-corrected chi connectivity index (χ3v) is 4.38. The van der Waals surface area contributed by atoms with Crippen LogP contribution in [0.25, 0.3) is 0 Å². The maximum atomic E-state index is 12.0. The molecule has 1 aromatic carbocycles. The molecule has 0 bridgehead atoms. The Morgan fingerprint density at radius 2 is 1.67 bits per heavy atom. The Morgan fingerprint density at radius 1 is 0.963 bits per heavy atom. The molecule has 150 valence electrons. The lowest BCUT2D eigenvalue weighted by Crippen LogP contribution is -2.47. The van der Waals surface area contributed by atoms with E-state index in [1.807, 2.05) is 30.3 Å². The van der Waals surface area contributed by atoms with Gasteiger partial charge in [-0.1, -0.05) is 62.9 Å². The van der Waals surface area contributed by atoms with Gasteiger partial charge in [0.05, 0.1) is 6.42 Å². The fourth-order valence-corrected chi connectivity index (χ4v) is 2.80. The van der Waals surface area contributed by atoms with Gasteiger partial charge in [0.1, 0.15) is 6.04 Å². The third-order valence-electron chi connectivity index (χ3n) is 4.38. The van der Waals surface area contributed by atoms with Crippen LogP contribution in [0.2, 0.25) is 0 Å². The average molecular weight is 376 g/mol. The SMILES string of the molecule is CCCCCCCC(=O)NC(CC(=O)NCCCc1ccccc1)C(N)=O. The maximum absolute atomic E-state index is 12.0. The standard InChI is InChI=1S/C21H33N3O3/c1-2-3-4-5-9-14-19(25)24-18(21(22)27)16-20(26)23-15-10-13-17-11-7-6-8-12-17/h6-8,11-12,18H,2-5,9-10,13-16H2,1H3,(H2,22,27)(H,23,26)(H,24,25). The highest BCUT2D eigenvalue weighted by atomic mass is 16.2. The van der Waals surface area contributed by atoms with Gasteiger partial charge < -0.3 is 16.4 Å². The van der Waals surface area contributed by atoms with Crippen LogP contribution < -0.4 is 16.4 Å². The summed E-state index contributed by atoms with van der Waals surface area (Å²) in [7, 11) is 0. The normalized spacial score (nSPS) is 11.6. The summed E-state index contributed by atoms with van der Waals surface area (Å²) in [5, 5.41) is 5.36. The summed E-state index contributed by atoms with van der Waals surface area (Å²) in [6.07, 6.45) is 7.10. The molecule has 1 aromatic rings. The number of primary amides is 1. The molecule has 6 nitrogen and oxygen atoms in total. The fourth-order valence-electron chi connectivity index (χ4n) is 2.80. The zero-order chi connectivity index (χ0) is 19.9. The molecule has 0 radical (unpaired) electrons. The van der Waals surface area contributed by atoms with Gasteiger partial charge >= 0.3 is 0 Å². The van der Waals surface area contributed by atoms with Crippen molar-refractivity contribution in [2.24, 2.45) is 5.73 Å². The largest absolute Gasteiger partial charge is 0.368 e. The second kappa shape index (κ2) is 13.8. The Kier molecular flexibility index (Phi) is 11.6. The molecule has 0 aliphatic rings. The van der Waals surface area contributed by atoms with Crippen molar-refractivity contribution in [3.63, 3.8) is 0 Å². The van der Waals surface area contributed by atoms with Gasteiger partial charge in [-0.3, -0.25) is 14.4 Å². The molecule has 1 unspecified atom stereocenters. The number of rotatable bonds is 14. The monoisotopic (exact) mass is 375 g/mol. The number of amides is 3. The topological polar surface area (TPSA) is 101 Å². The summed E-state index contributed by atoms with van der Waals surface area (Å²) in [4.78, 5) is 35.5. The highest BCUT2D eigenvalue weighted by Gasteiger charge is 2.21. The van der Waals surface area contributed by atoms with E-state index in [0.29, 0.717) is 13.0 Å². The predicted molar refractivity (Wildman–Crippen MR) is 107 cm³/mol. The van der Waals surface area contributed by atoms with Crippen LogP contribution in [0.15, 0.2) is 30.3 Å². The number of benzene rings is 1. The van der Waals surface area contributed by atoms with Crippen molar-refractivity contribution in [2.75, 3.05) is 6.54 Å². The summed E-state index contributed by atoms with van der Waals surface area (Å²) in [6, 6.07) is 9.07. The van der Waals surface area contributed by atoms with Crippen molar-refractivity contribution in [1.29, 1.82) is 0 Å². The highest BCUT2D eigenvalue weighted by molar-refractivity contribution is 5.91. The molecule has 0 aliphatic heterocycles. The predicted octanol–water partition coefficient (Wildman–Crippen LogP) is 2.46. The second-order valence-electron chi connectivity index (χ2n) is 6.83. The van der Waals surface area contributed by atoms with E-state index in [-0.39, 0.29) is 18.2 Å². The minimum absolute atomic E-state index is 0.123. The molecule has 1 rings (SSSR count). The summed E-state index contributed by atoms with van der Waals surface area (Å²) < 4.78 is 0. The minimum Gasteiger partial charge on any atom is -0.368 e. The summed E-state index contributed by atoms with van der Waals surface area (Å²) in [5.41, 5.74) is 6.54. The first kappa shape index (κ1) is 22.7. The number of carbonyl (C=O) groups excluding carboxylic acids is 3. The van der Waals surface area contributed by atoms with Crippen molar-refractivity contribution < 1.29 is 14.4 Å². The zero-order valence-electron chi connectivity index (χ0n) is 16.3. The van der Waals surface area contributed by atoms with Crippen molar-refractivity contribution in [3.8, 4) is 0 Å². The molecule has 0 spiro atoms. The number of hydrogen-bond acceptors (Lipinski definition) is 3. The lowest BCUT2D eigenvalue weighted by Gasteiger charge is -2.15. The first-order valence-electron chi connectivity index (χ1n) is 9.92. The molecule has 0 fully saturated rings. The van der Waals surface area contributed by atoms with Gasteiger partial charge in [0.15, 0.2) is 0 Å². The van der Waals surface area contributed by atoms with Gasteiger partial charge in [-0.05, 0) is 24.8 Å². The smallest absolute Gasteiger partial charge is 0.240 e. The van der Waals surface area contributed by atoms with E-state index >= 15 is 0 Å². The Labute approximate surface area is 162 Å². The Morgan fingerprint density at radius 3 is 2.33 bits per heavy atom. The molecule has 0 saturated carbocycles. The molecular weight excluding hydrogens is 342 g/mol. The maximum Gasteiger partial charge on any atom is 0.240 e. The first-order chi connectivity index (χ1) is 13.0. The number of aryl methyl sites for hydroxylation is 1. The van der Waals surface area contributed by atoms with Gasteiger partial charge in [-0.25, -0.2) is 0 Å². The van der Waals surface area contributed by atoms with E-state index in [2.05, 4.69) is 17.6 Å². The van der Waals surface area contributed by atoms with Crippen LogP contribution in [0.4, 0.5) is 0 Å². The number of hydrogen-bond donors (Lipinski definition) is 3. The molecule has 0 aliphatic carbocycles. The van der Waals surface area contributed by atoms with Crippen molar-refractivity contribution in [3.05, 3.63) is 35.9 Å². The molecule has 4 N–H and O–H groups in total. The number of nitrogens with two attached hydrogens (primary N) is 1. The Hall–Kier alpha value is -2.37. The van der Waals surface area contributed by atoms with Crippen LogP contribution in [0.3, 0.4) is 0 Å². The van der Waals surface area contributed by atoms with E-state index in [0.717, 1.165) is 44.9 Å². The molecule has 27 heavy (non-hydrogen) atoms. The van der Waals surface area contributed by atoms with Crippen LogP contribution >= 0.6 is 0 Å². The van der Waals surface area contributed by atoms with Crippen molar-refractivity contribution in [1.82, 2.24) is 10.6 Å². The molecule has 0 saturated heterocycles. The van der Waals surface area contributed by atoms with E-state index in [4.69, 9.17) is 5.73 Å². The highest BCUT2D eigenvalue weighted by Crippen LogP contribution is 2.05. The van der Waals surface area contributed by atoms with Crippen LogP contribution in [0, 0.1) is 0 Å². The molecule has 3 amide bonds. The second-order valence-corrected chi connectivity index (χ2v) is 6.83. The van der Waals surface area contributed by atoms with Crippen LogP contribution in [-0.4, -0.2) is 30.3 Å². The minimum atomic E-state index is -0.956. The number of carbonyl (C=O) groups is 3. The van der Waals surface area contributed by atoms with Crippen molar-refractivity contribution >= 4 is 17.7 Å². The third kappa shape index (κ3) is 11.1. The van der Waals surface area contributed by atoms with E-state index in [9.17, 15) is 14.4 Å². The summed E-state index contributed by atoms with van der Waals surface area (Å²) in [6.45, 7) is 2.65. The van der Waals surface area contributed by atoms with Gasteiger partial charge in [-0.2, -0.15) is 0 Å². The van der Waals surface area contributed by atoms with Crippen LogP contribution in [0.1, 0.15) is 63.9 Å². The first-order valence-corrected chi connectivity index (χ1v) is 9.92. The molecule has 6 heteroatoms. The quantitative estimate of drug-likeness (QED) is 0.435. The lowest BCUT2D eigenvalue weighted by molar-refractivity contribution is -0.130. The van der Waals surface area contributed by atoms with Gasteiger partial charge in [-0.15, -0.1) is 0 Å². The van der Waals surface area contributed by atoms with E-state index < -0.39 is 11.9 Å². The zero-order valence-corrected chi connectivity index (χ0v) is 16.3. The van der Waals surface area contributed by atoms with E-state index in [1.54, 1.807) is 0 Å². The Bertz CT molecular complexity index is 575. The average Bonchev–Trinajstić information content (AvgIpc) is 2.65. The lowest BCUT2D eigenvalue weighted by atomic mass is 10.1. The summed E-state index contributed by atoms with van der Waals surface area (Å²) >= 11 is 0. The van der Waals surface area contributed by atoms with Crippen LogP contribution in [0.5, 0.6) is 0 Å². The van der Waals surface area contributed by atoms with Gasteiger partial charge in [0.25, 0.3) is 0 Å². The molecule has 0 aromatic heterocycles. The number of nitrogens with one attached hydrogen (secondary N) is 2. The summed E-state index contributed by atoms with van der Waals surface area (Å²) in [5.74, 6) is -1.20.